The molecule has 0 spiro atoms. The Labute approximate surface area is 144 Å². The zero-order valence-electron chi connectivity index (χ0n) is 14.6. The zero-order valence-corrected chi connectivity index (χ0v) is 14.6. The molecular formula is C22H26F2. The summed E-state index contributed by atoms with van der Waals surface area (Å²) in [6.07, 6.45) is 6.27. The van der Waals surface area contributed by atoms with Gasteiger partial charge in [0.1, 0.15) is 11.6 Å². The van der Waals surface area contributed by atoms with Crippen molar-refractivity contribution in [3.8, 4) is 0 Å². The Hall–Kier alpha value is -1.96. The summed E-state index contributed by atoms with van der Waals surface area (Å²) in [6.45, 7) is 4.09. The van der Waals surface area contributed by atoms with Gasteiger partial charge in [-0.25, -0.2) is 8.78 Å². The standard InChI is InChI=1S/C22H26F2/c1-3-5-17-7-9-18(10-8-17)11-13-20-14-12-19(16-22(20)24)15-21(23)6-4-2/h7-10,12,14-16H,3-6,11,13H2,1-2H3. The van der Waals surface area contributed by atoms with Crippen molar-refractivity contribution in [2.24, 2.45) is 0 Å². The van der Waals surface area contributed by atoms with Crippen LogP contribution in [0.4, 0.5) is 8.78 Å². The normalized spacial score (nSPS) is 11.8. The summed E-state index contributed by atoms with van der Waals surface area (Å²) in [6, 6.07) is 13.5. The number of hydrogen-bond donors (Lipinski definition) is 0. The molecule has 0 nitrogen and oxygen atoms in total. The summed E-state index contributed by atoms with van der Waals surface area (Å²) in [5.74, 6) is -0.451. The number of rotatable bonds is 8. The van der Waals surface area contributed by atoms with E-state index in [4.69, 9.17) is 0 Å². The van der Waals surface area contributed by atoms with E-state index >= 15 is 0 Å². The van der Waals surface area contributed by atoms with Crippen LogP contribution in [0.3, 0.4) is 0 Å². The molecule has 2 aromatic rings. The first-order valence-corrected chi connectivity index (χ1v) is 8.84. The molecular weight excluding hydrogens is 302 g/mol. The maximum Gasteiger partial charge on any atom is 0.127 e. The van der Waals surface area contributed by atoms with Crippen LogP contribution in [0.15, 0.2) is 48.3 Å². The van der Waals surface area contributed by atoms with Gasteiger partial charge in [0.25, 0.3) is 0 Å². The van der Waals surface area contributed by atoms with E-state index in [2.05, 4.69) is 31.2 Å². The van der Waals surface area contributed by atoms with E-state index in [0.29, 0.717) is 24.0 Å². The Morgan fingerprint density at radius 2 is 1.54 bits per heavy atom. The van der Waals surface area contributed by atoms with Gasteiger partial charge in [0, 0.05) is 0 Å². The minimum absolute atomic E-state index is 0.197. The van der Waals surface area contributed by atoms with E-state index in [1.807, 2.05) is 6.92 Å². The van der Waals surface area contributed by atoms with E-state index < -0.39 is 0 Å². The summed E-state index contributed by atoms with van der Waals surface area (Å²) < 4.78 is 27.7. The van der Waals surface area contributed by atoms with Crippen molar-refractivity contribution in [1.29, 1.82) is 0 Å². The largest absolute Gasteiger partial charge is 0.212 e. The summed E-state index contributed by atoms with van der Waals surface area (Å²) in [7, 11) is 0. The zero-order chi connectivity index (χ0) is 17.4. The average molecular weight is 328 g/mol. The highest BCUT2D eigenvalue weighted by Gasteiger charge is 2.05. The molecule has 0 aliphatic heterocycles. The van der Waals surface area contributed by atoms with Gasteiger partial charge in [-0.1, -0.05) is 56.7 Å². The minimum atomic E-state index is -0.254. The van der Waals surface area contributed by atoms with Crippen molar-refractivity contribution < 1.29 is 8.78 Å². The lowest BCUT2D eigenvalue weighted by molar-refractivity contribution is 0.590. The molecule has 0 bridgehead atoms. The maximum atomic E-state index is 14.2. The highest BCUT2D eigenvalue weighted by atomic mass is 19.1. The van der Waals surface area contributed by atoms with Gasteiger partial charge in [-0.3, -0.25) is 0 Å². The second kappa shape index (κ2) is 9.36. The Kier molecular flexibility index (Phi) is 7.17. The van der Waals surface area contributed by atoms with Gasteiger partial charge < -0.3 is 0 Å². The summed E-state index contributed by atoms with van der Waals surface area (Å²) in [4.78, 5) is 0. The number of hydrogen-bond acceptors (Lipinski definition) is 0. The van der Waals surface area contributed by atoms with Crippen molar-refractivity contribution in [3.63, 3.8) is 0 Å². The third kappa shape index (κ3) is 5.59. The molecule has 0 heterocycles. The first-order chi connectivity index (χ1) is 11.6. The van der Waals surface area contributed by atoms with Crippen molar-refractivity contribution in [3.05, 3.63) is 76.4 Å². The van der Waals surface area contributed by atoms with Crippen LogP contribution in [0.1, 0.15) is 55.4 Å². The lowest BCUT2D eigenvalue weighted by atomic mass is 10.0. The van der Waals surface area contributed by atoms with E-state index in [1.165, 1.54) is 23.3 Å². The van der Waals surface area contributed by atoms with Crippen LogP contribution in [-0.4, -0.2) is 0 Å². The molecule has 0 saturated carbocycles. The van der Waals surface area contributed by atoms with Crippen LogP contribution in [0.2, 0.25) is 0 Å². The molecule has 0 aliphatic carbocycles. The lowest BCUT2D eigenvalue weighted by Gasteiger charge is -2.06. The molecule has 0 atom stereocenters. The number of allylic oxidation sites excluding steroid dienone is 1. The quantitative estimate of drug-likeness (QED) is 0.507. The average Bonchev–Trinajstić information content (AvgIpc) is 2.56. The van der Waals surface area contributed by atoms with E-state index in [1.54, 1.807) is 12.1 Å². The van der Waals surface area contributed by atoms with E-state index in [0.717, 1.165) is 25.7 Å². The molecule has 0 amide bonds. The third-order valence-electron chi connectivity index (χ3n) is 4.13. The van der Waals surface area contributed by atoms with Gasteiger partial charge in [0.15, 0.2) is 0 Å². The molecule has 0 saturated heterocycles. The topological polar surface area (TPSA) is 0 Å². The van der Waals surface area contributed by atoms with Gasteiger partial charge in [-0.2, -0.15) is 0 Å². The van der Waals surface area contributed by atoms with Crippen molar-refractivity contribution in [1.82, 2.24) is 0 Å². The van der Waals surface area contributed by atoms with Crippen LogP contribution >= 0.6 is 0 Å². The van der Waals surface area contributed by atoms with Crippen LogP contribution < -0.4 is 0 Å². The summed E-state index contributed by atoms with van der Waals surface area (Å²) >= 11 is 0. The molecule has 0 N–H and O–H groups in total. The Balaban J connectivity index is 1.98. The van der Waals surface area contributed by atoms with Crippen LogP contribution in [0.25, 0.3) is 6.08 Å². The molecule has 2 heteroatoms. The van der Waals surface area contributed by atoms with Crippen LogP contribution in [0, 0.1) is 5.82 Å². The Morgan fingerprint density at radius 1 is 0.875 bits per heavy atom. The van der Waals surface area contributed by atoms with Crippen molar-refractivity contribution in [2.45, 2.75) is 52.4 Å². The van der Waals surface area contributed by atoms with Crippen molar-refractivity contribution >= 4 is 6.08 Å². The number of aryl methyl sites for hydroxylation is 3. The fraction of sp³-hybridized carbons (Fsp3) is 0.364. The summed E-state index contributed by atoms with van der Waals surface area (Å²) in [5, 5.41) is 0. The monoisotopic (exact) mass is 328 g/mol. The Morgan fingerprint density at radius 3 is 2.12 bits per heavy atom. The molecule has 0 fully saturated rings. The molecule has 2 rings (SSSR count). The van der Waals surface area contributed by atoms with Gasteiger partial charge >= 0.3 is 0 Å². The fourth-order valence-corrected chi connectivity index (χ4v) is 2.79. The predicted molar refractivity (Wildman–Crippen MR) is 98.2 cm³/mol. The third-order valence-corrected chi connectivity index (χ3v) is 4.13. The molecule has 0 aliphatic rings. The molecule has 0 radical (unpaired) electrons. The first kappa shape index (κ1) is 18.4. The molecule has 0 aromatic heterocycles. The predicted octanol–water partition coefficient (Wildman–Crippen LogP) is 6.67. The van der Waals surface area contributed by atoms with Gasteiger partial charge in [-0.15, -0.1) is 0 Å². The van der Waals surface area contributed by atoms with E-state index in [-0.39, 0.29) is 11.6 Å². The van der Waals surface area contributed by atoms with Gasteiger partial charge in [-0.05, 0) is 66.5 Å². The lowest BCUT2D eigenvalue weighted by Crippen LogP contribution is -1.96. The van der Waals surface area contributed by atoms with Gasteiger partial charge in [0.2, 0.25) is 0 Å². The highest BCUT2D eigenvalue weighted by Crippen LogP contribution is 2.18. The fourth-order valence-electron chi connectivity index (χ4n) is 2.79. The smallest absolute Gasteiger partial charge is 0.127 e. The number of halogens is 2. The molecule has 2 aromatic carbocycles. The first-order valence-electron chi connectivity index (χ1n) is 8.84. The SMILES string of the molecule is CCCC(F)=Cc1ccc(CCc2ccc(CCC)cc2)c(F)c1. The second-order valence-corrected chi connectivity index (χ2v) is 6.26. The molecule has 24 heavy (non-hydrogen) atoms. The Bertz CT molecular complexity index is 669. The molecule has 0 unspecified atom stereocenters. The number of benzene rings is 2. The minimum Gasteiger partial charge on any atom is -0.212 e. The highest BCUT2D eigenvalue weighted by molar-refractivity contribution is 5.52. The summed E-state index contributed by atoms with van der Waals surface area (Å²) in [5.41, 5.74) is 3.83. The van der Waals surface area contributed by atoms with Crippen LogP contribution in [0.5, 0.6) is 0 Å². The van der Waals surface area contributed by atoms with Gasteiger partial charge in [0.05, 0.1) is 0 Å². The second-order valence-electron chi connectivity index (χ2n) is 6.26. The molecule has 128 valence electrons. The van der Waals surface area contributed by atoms with E-state index in [9.17, 15) is 8.78 Å². The van der Waals surface area contributed by atoms with Crippen molar-refractivity contribution in [2.75, 3.05) is 0 Å². The van der Waals surface area contributed by atoms with Crippen LogP contribution in [-0.2, 0) is 19.3 Å². The maximum absolute atomic E-state index is 14.2.